The van der Waals surface area contributed by atoms with Gasteiger partial charge in [-0.05, 0) is 19.2 Å². The molecule has 1 aromatic heterocycles. The van der Waals surface area contributed by atoms with Crippen molar-refractivity contribution in [2.75, 3.05) is 45.2 Å². The lowest BCUT2D eigenvalue weighted by molar-refractivity contribution is 0.0663. The Morgan fingerprint density at radius 2 is 1.65 bits per heavy atom. The monoisotopic (exact) mass is 311 g/mol. The summed E-state index contributed by atoms with van der Waals surface area (Å²) in [6, 6.07) is 9.89. The van der Waals surface area contributed by atoms with Crippen molar-refractivity contribution in [1.82, 2.24) is 19.8 Å². The van der Waals surface area contributed by atoms with Gasteiger partial charge >= 0.3 is 0 Å². The van der Waals surface area contributed by atoms with Crippen molar-refractivity contribution in [3.05, 3.63) is 48.3 Å². The summed E-state index contributed by atoms with van der Waals surface area (Å²) in [5.41, 5.74) is 1.55. The molecule has 23 heavy (non-hydrogen) atoms. The van der Waals surface area contributed by atoms with Crippen LogP contribution >= 0.6 is 0 Å². The Morgan fingerprint density at radius 3 is 2.26 bits per heavy atom. The molecule has 0 unspecified atom stereocenters. The molecule has 0 bridgehead atoms. The van der Waals surface area contributed by atoms with Crippen LogP contribution in [-0.4, -0.2) is 65.9 Å². The Morgan fingerprint density at radius 1 is 1.04 bits per heavy atom. The number of benzene rings is 1. The summed E-state index contributed by atoms with van der Waals surface area (Å²) in [5.74, 6) is 0.582. The molecule has 1 aliphatic rings. The minimum absolute atomic E-state index is 0.00649. The second-order valence-corrected chi connectivity index (χ2v) is 5.76. The number of likely N-dealkylation sites (N-methyl/N-ethyl adjacent to an activating group) is 1. The molecule has 2 aromatic rings. The minimum atomic E-state index is 0.00649. The van der Waals surface area contributed by atoms with Crippen molar-refractivity contribution in [2.45, 2.75) is 0 Å². The largest absolute Gasteiger partial charge is 0.336 e. The fraction of sp³-hybridized carbons (Fsp3) is 0.353. The third-order valence-corrected chi connectivity index (χ3v) is 4.12. The zero-order valence-corrected chi connectivity index (χ0v) is 13.5. The van der Waals surface area contributed by atoms with Gasteiger partial charge in [-0.1, -0.05) is 18.2 Å². The first-order chi connectivity index (χ1) is 11.1. The van der Waals surface area contributed by atoms with E-state index in [0.29, 0.717) is 11.5 Å². The first-order valence-electron chi connectivity index (χ1n) is 7.74. The number of rotatable bonds is 3. The maximum Gasteiger partial charge on any atom is 0.257 e. The van der Waals surface area contributed by atoms with E-state index >= 15 is 0 Å². The van der Waals surface area contributed by atoms with Crippen LogP contribution < -0.4 is 4.90 Å². The van der Waals surface area contributed by atoms with Crippen molar-refractivity contribution < 1.29 is 4.79 Å². The van der Waals surface area contributed by atoms with E-state index in [4.69, 9.17) is 0 Å². The van der Waals surface area contributed by atoms with E-state index in [0.717, 1.165) is 31.9 Å². The second kappa shape index (κ2) is 6.75. The fourth-order valence-electron chi connectivity index (χ4n) is 2.56. The number of amides is 1. The second-order valence-electron chi connectivity index (χ2n) is 5.76. The number of carbonyl (C=O) groups is 1. The predicted octanol–water partition coefficient (Wildman–Crippen LogP) is 1.63. The zero-order chi connectivity index (χ0) is 16.2. The van der Waals surface area contributed by atoms with Gasteiger partial charge in [0, 0.05) is 51.3 Å². The van der Waals surface area contributed by atoms with Crippen LogP contribution in [0.25, 0.3) is 0 Å². The minimum Gasteiger partial charge on any atom is -0.336 e. The number of aromatic nitrogens is 2. The molecule has 1 aliphatic heterocycles. The predicted molar refractivity (Wildman–Crippen MR) is 89.9 cm³/mol. The molecule has 6 nitrogen and oxygen atoms in total. The molecule has 2 heterocycles. The molecule has 0 radical (unpaired) electrons. The fourth-order valence-corrected chi connectivity index (χ4v) is 2.56. The first kappa shape index (κ1) is 15.4. The van der Waals surface area contributed by atoms with Crippen LogP contribution in [0.2, 0.25) is 0 Å². The number of nitrogens with zero attached hydrogens (tertiary/aromatic N) is 5. The third kappa shape index (κ3) is 3.48. The Bertz CT molecular complexity index is 650. The summed E-state index contributed by atoms with van der Waals surface area (Å²) < 4.78 is 0. The Kier molecular flexibility index (Phi) is 4.52. The van der Waals surface area contributed by atoms with E-state index in [2.05, 4.69) is 21.9 Å². The lowest BCUT2D eigenvalue weighted by Gasteiger charge is -2.32. The summed E-state index contributed by atoms with van der Waals surface area (Å²) >= 11 is 0. The van der Waals surface area contributed by atoms with E-state index < -0.39 is 0 Å². The molecule has 0 saturated carbocycles. The lowest BCUT2D eigenvalue weighted by Crippen LogP contribution is -2.47. The number of anilines is 2. The van der Waals surface area contributed by atoms with Gasteiger partial charge < -0.3 is 14.7 Å². The van der Waals surface area contributed by atoms with Crippen molar-refractivity contribution in [2.24, 2.45) is 0 Å². The average Bonchev–Trinajstić information content (AvgIpc) is 2.62. The van der Waals surface area contributed by atoms with Crippen LogP contribution in [0.15, 0.2) is 42.7 Å². The smallest absolute Gasteiger partial charge is 0.257 e. The summed E-state index contributed by atoms with van der Waals surface area (Å²) in [6.07, 6.45) is 3.23. The highest BCUT2D eigenvalue weighted by Gasteiger charge is 2.21. The van der Waals surface area contributed by atoms with Gasteiger partial charge in [0.05, 0.1) is 5.56 Å². The van der Waals surface area contributed by atoms with Crippen molar-refractivity contribution in [3.8, 4) is 0 Å². The zero-order valence-electron chi connectivity index (χ0n) is 13.5. The highest BCUT2D eigenvalue weighted by atomic mass is 16.2. The van der Waals surface area contributed by atoms with Gasteiger partial charge in [0.15, 0.2) is 0 Å². The first-order valence-corrected chi connectivity index (χ1v) is 7.74. The van der Waals surface area contributed by atoms with Crippen LogP contribution in [0.4, 0.5) is 11.6 Å². The highest BCUT2D eigenvalue weighted by molar-refractivity contribution is 5.93. The summed E-state index contributed by atoms with van der Waals surface area (Å²) in [7, 11) is 3.98. The molecule has 3 rings (SSSR count). The van der Waals surface area contributed by atoms with Crippen LogP contribution in [0.3, 0.4) is 0 Å². The number of hydrogen-bond acceptors (Lipinski definition) is 5. The molecule has 0 atom stereocenters. The normalized spacial score (nSPS) is 15.5. The van der Waals surface area contributed by atoms with Crippen molar-refractivity contribution >= 4 is 17.5 Å². The van der Waals surface area contributed by atoms with Gasteiger partial charge in [0.25, 0.3) is 5.91 Å². The molecule has 6 heteroatoms. The quantitative estimate of drug-likeness (QED) is 0.862. The van der Waals surface area contributed by atoms with Crippen molar-refractivity contribution in [1.29, 1.82) is 0 Å². The standard InChI is InChI=1S/C17H21N5O/c1-20-8-10-22(11-9-20)16(23)14-12-18-17(19-13-14)21(2)15-6-4-3-5-7-15/h3-7,12-13H,8-11H2,1-2H3. The van der Waals surface area contributed by atoms with Gasteiger partial charge in [0.2, 0.25) is 5.95 Å². The summed E-state index contributed by atoms with van der Waals surface area (Å²) in [6.45, 7) is 3.31. The van der Waals surface area contributed by atoms with E-state index in [9.17, 15) is 4.79 Å². The maximum atomic E-state index is 12.5. The molecular weight excluding hydrogens is 290 g/mol. The van der Waals surface area contributed by atoms with E-state index in [1.54, 1.807) is 12.4 Å². The van der Waals surface area contributed by atoms with Gasteiger partial charge in [-0.2, -0.15) is 0 Å². The molecule has 1 fully saturated rings. The number of piperazine rings is 1. The number of carbonyl (C=O) groups excluding carboxylic acids is 1. The van der Waals surface area contributed by atoms with Crippen LogP contribution in [-0.2, 0) is 0 Å². The van der Waals surface area contributed by atoms with E-state index in [1.807, 2.05) is 47.2 Å². The van der Waals surface area contributed by atoms with Crippen LogP contribution in [0.5, 0.6) is 0 Å². The molecule has 0 spiro atoms. The lowest BCUT2D eigenvalue weighted by atomic mass is 10.2. The molecule has 120 valence electrons. The molecule has 1 saturated heterocycles. The molecular formula is C17H21N5O. The van der Waals surface area contributed by atoms with Gasteiger partial charge in [-0.25, -0.2) is 9.97 Å². The van der Waals surface area contributed by atoms with Gasteiger partial charge in [-0.15, -0.1) is 0 Å². The van der Waals surface area contributed by atoms with Crippen LogP contribution in [0, 0.1) is 0 Å². The molecule has 0 N–H and O–H groups in total. The van der Waals surface area contributed by atoms with Crippen LogP contribution in [0.1, 0.15) is 10.4 Å². The van der Waals surface area contributed by atoms with Gasteiger partial charge in [-0.3, -0.25) is 4.79 Å². The van der Waals surface area contributed by atoms with Crippen molar-refractivity contribution in [3.63, 3.8) is 0 Å². The SMILES string of the molecule is CN1CCN(C(=O)c2cnc(N(C)c3ccccc3)nc2)CC1. The van der Waals surface area contributed by atoms with E-state index in [1.165, 1.54) is 0 Å². The topological polar surface area (TPSA) is 52.6 Å². The molecule has 1 amide bonds. The summed E-state index contributed by atoms with van der Waals surface area (Å²) in [4.78, 5) is 27.1. The Labute approximate surface area is 136 Å². The summed E-state index contributed by atoms with van der Waals surface area (Å²) in [5, 5.41) is 0. The number of hydrogen-bond donors (Lipinski definition) is 0. The number of para-hydroxylation sites is 1. The molecule has 0 aliphatic carbocycles. The Hall–Kier alpha value is -2.47. The Balaban J connectivity index is 1.71. The van der Waals surface area contributed by atoms with E-state index in [-0.39, 0.29) is 5.91 Å². The third-order valence-electron chi connectivity index (χ3n) is 4.12. The van der Waals surface area contributed by atoms with Gasteiger partial charge in [0.1, 0.15) is 0 Å². The average molecular weight is 311 g/mol. The molecule has 1 aromatic carbocycles. The maximum absolute atomic E-state index is 12.5. The highest BCUT2D eigenvalue weighted by Crippen LogP contribution is 2.19.